The van der Waals surface area contributed by atoms with E-state index in [1.54, 1.807) is 45.9 Å². The Hall–Kier alpha value is -2.11. The fourth-order valence-electron chi connectivity index (χ4n) is 2.99. The third-order valence-corrected chi connectivity index (χ3v) is 7.71. The lowest BCUT2D eigenvalue weighted by molar-refractivity contribution is -0.119. The molecule has 0 saturated heterocycles. The molecule has 9 nitrogen and oxygen atoms in total. The first-order valence-corrected chi connectivity index (χ1v) is 12.3. The number of aryl methyl sites for hydroxylation is 1. The van der Waals surface area contributed by atoms with Gasteiger partial charge in [0.15, 0.2) is 5.16 Å². The Balaban J connectivity index is 2.34. The molecule has 0 aliphatic rings. The smallest absolute Gasteiger partial charge is 0.321 e. The molecule has 0 spiro atoms. The van der Waals surface area contributed by atoms with Gasteiger partial charge >= 0.3 is 6.03 Å². The molecule has 1 atom stereocenters. The van der Waals surface area contributed by atoms with Crippen molar-refractivity contribution in [3.05, 3.63) is 18.2 Å². The molecule has 1 aromatic heterocycles. The zero-order chi connectivity index (χ0) is 22.5. The first-order valence-electron chi connectivity index (χ1n) is 9.95. The Bertz CT molecular complexity index is 1020. The van der Waals surface area contributed by atoms with Gasteiger partial charge in [-0.25, -0.2) is 18.2 Å². The minimum absolute atomic E-state index is 0.193. The Labute approximate surface area is 181 Å². The number of benzene rings is 1. The number of thioether (sulfide) groups is 1. The van der Waals surface area contributed by atoms with Crippen LogP contribution in [0, 0.1) is 0 Å². The SMILES string of the molecule is CCNC(=O)NC(=O)[C@@H](C)Sc1nc2cc(S(=O)(=O)N(CC)CC)ccc2n1CC. The molecule has 0 radical (unpaired) electrons. The number of aromatic nitrogens is 2. The van der Waals surface area contributed by atoms with Crippen molar-refractivity contribution >= 4 is 44.8 Å². The number of hydrogen-bond donors (Lipinski definition) is 2. The zero-order valence-corrected chi connectivity index (χ0v) is 19.6. The Kier molecular flexibility index (Phi) is 8.27. The standard InChI is InChI=1S/C19H29N5O4S2/c1-6-20-18(26)22-17(25)13(5)29-19-21-15-12-14(10-11-16(15)24(19)9-4)30(27,28)23(7-2)8-3/h10-13H,6-9H2,1-5H3,(H2,20,22,25,26)/t13-/m1/s1. The van der Waals surface area contributed by atoms with Gasteiger partial charge in [-0.2, -0.15) is 4.31 Å². The summed E-state index contributed by atoms with van der Waals surface area (Å²) in [4.78, 5) is 28.6. The normalized spacial score (nSPS) is 12.9. The van der Waals surface area contributed by atoms with Gasteiger partial charge in [0, 0.05) is 26.2 Å². The number of urea groups is 1. The van der Waals surface area contributed by atoms with Gasteiger partial charge in [-0.05, 0) is 39.0 Å². The minimum atomic E-state index is -3.59. The fraction of sp³-hybridized carbons (Fsp3) is 0.526. The summed E-state index contributed by atoms with van der Waals surface area (Å²) in [5.41, 5.74) is 1.33. The van der Waals surface area contributed by atoms with E-state index in [-0.39, 0.29) is 4.90 Å². The van der Waals surface area contributed by atoms with Crippen molar-refractivity contribution in [2.45, 2.75) is 56.5 Å². The van der Waals surface area contributed by atoms with Crippen LogP contribution in [0.3, 0.4) is 0 Å². The number of imide groups is 1. The van der Waals surface area contributed by atoms with Crippen LogP contribution in [0.15, 0.2) is 28.3 Å². The number of carbonyl (C=O) groups excluding carboxylic acids is 2. The number of amides is 3. The molecule has 1 heterocycles. The molecular weight excluding hydrogens is 426 g/mol. The molecule has 2 rings (SSSR count). The number of hydrogen-bond acceptors (Lipinski definition) is 6. The first kappa shape index (κ1) is 24.2. The third kappa shape index (κ3) is 5.13. The van der Waals surface area contributed by atoms with E-state index < -0.39 is 27.2 Å². The molecular formula is C19H29N5O4S2. The van der Waals surface area contributed by atoms with Crippen molar-refractivity contribution < 1.29 is 18.0 Å². The molecule has 0 fully saturated rings. The van der Waals surface area contributed by atoms with Crippen molar-refractivity contribution in [1.29, 1.82) is 0 Å². The molecule has 0 saturated carbocycles. The fourth-order valence-corrected chi connectivity index (χ4v) is 5.45. The van der Waals surface area contributed by atoms with Crippen LogP contribution in [0.4, 0.5) is 4.79 Å². The van der Waals surface area contributed by atoms with Crippen molar-refractivity contribution in [1.82, 2.24) is 24.5 Å². The second-order valence-corrected chi connectivity index (χ2v) is 9.73. The topological polar surface area (TPSA) is 113 Å². The van der Waals surface area contributed by atoms with Gasteiger partial charge in [0.1, 0.15) is 0 Å². The second-order valence-electron chi connectivity index (χ2n) is 6.49. The maximum absolute atomic E-state index is 12.8. The minimum Gasteiger partial charge on any atom is -0.338 e. The summed E-state index contributed by atoms with van der Waals surface area (Å²) < 4.78 is 29.0. The molecule has 166 valence electrons. The largest absolute Gasteiger partial charge is 0.338 e. The van der Waals surface area contributed by atoms with Crippen LogP contribution in [0.25, 0.3) is 11.0 Å². The monoisotopic (exact) mass is 455 g/mol. The van der Waals surface area contributed by atoms with E-state index >= 15 is 0 Å². The van der Waals surface area contributed by atoms with Gasteiger partial charge < -0.3 is 9.88 Å². The first-order chi connectivity index (χ1) is 14.2. The van der Waals surface area contributed by atoms with E-state index in [0.717, 1.165) is 5.52 Å². The van der Waals surface area contributed by atoms with Crippen LogP contribution in [0.2, 0.25) is 0 Å². The molecule has 11 heteroatoms. The maximum atomic E-state index is 12.8. The number of nitrogens with zero attached hydrogens (tertiary/aromatic N) is 3. The van der Waals surface area contributed by atoms with Gasteiger partial charge in [-0.1, -0.05) is 25.6 Å². The zero-order valence-electron chi connectivity index (χ0n) is 17.9. The molecule has 2 aromatic rings. The van der Waals surface area contributed by atoms with Crippen molar-refractivity contribution in [3.63, 3.8) is 0 Å². The quantitative estimate of drug-likeness (QED) is 0.562. The molecule has 0 unspecified atom stereocenters. The molecule has 0 aliphatic carbocycles. The number of nitrogens with one attached hydrogen (secondary N) is 2. The van der Waals surface area contributed by atoms with E-state index in [1.165, 1.54) is 16.1 Å². The van der Waals surface area contributed by atoms with Crippen LogP contribution in [0.1, 0.15) is 34.6 Å². The van der Waals surface area contributed by atoms with Crippen molar-refractivity contribution in [2.24, 2.45) is 0 Å². The molecule has 0 bridgehead atoms. The van der Waals surface area contributed by atoms with Crippen LogP contribution >= 0.6 is 11.8 Å². The third-order valence-electron chi connectivity index (χ3n) is 4.57. The summed E-state index contributed by atoms with van der Waals surface area (Å²) in [6, 6.07) is 4.36. The average Bonchev–Trinajstić information content (AvgIpc) is 3.04. The lowest BCUT2D eigenvalue weighted by Gasteiger charge is -2.18. The van der Waals surface area contributed by atoms with Gasteiger partial charge in [0.05, 0.1) is 21.2 Å². The average molecular weight is 456 g/mol. The highest BCUT2D eigenvalue weighted by molar-refractivity contribution is 8.00. The van der Waals surface area contributed by atoms with Gasteiger partial charge in [0.2, 0.25) is 15.9 Å². The van der Waals surface area contributed by atoms with Crippen LogP contribution in [-0.2, 0) is 21.4 Å². The summed E-state index contributed by atoms with van der Waals surface area (Å²) in [6.07, 6.45) is 0. The summed E-state index contributed by atoms with van der Waals surface area (Å²) in [5, 5.41) is 4.84. The number of carbonyl (C=O) groups is 2. The second kappa shape index (κ2) is 10.3. The van der Waals surface area contributed by atoms with Crippen molar-refractivity contribution in [2.75, 3.05) is 19.6 Å². The number of sulfonamides is 1. The highest BCUT2D eigenvalue weighted by atomic mass is 32.2. The lowest BCUT2D eigenvalue weighted by atomic mass is 10.3. The molecule has 3 amide bonds. The maximum Gasteiger partial charge on any atom is 0.321 e. The Morgan fingerprint density at radius 2 is 1.87 bits per heavy atom. The van der Waals surface area contributed by atoms with Crippen molar-refractivity contribution in [3.8, 4) is 0 Å². The van der Waals surface area contributed by atoms with Gasteiger partial charge in [-0.3, -0.25) is 10.1 Å². The summed E-state index contributed by atoms with van der Waals surface area (Å²) >= 11 is 1.22. The summed E-state index contributed by atoms with van der Waals surface area (Å²) in [5.74, 6) is -0.426. The molecule has 30 heavy (non-hydrogen) atoms. The van der Waals surface area contributed by atoms with E-state index in [9.17, 15) is 18.0 Å². The van der Waals surface area contributed by atoms with Crippen LogP contribution in [-0.4, -0.2) is 59.1 Å². The summed E-state index contributed by atoms with van der Waals surface area (Å²) in [7, 11) is -3.59. The predicted molar refractivity (Wildman–Crippen MR) is 118 cm³/mol. The number of fused-ring (bicyclic) bond motifs is 1. The Morgan fingerprint density at radius 1 is 1.20 bits per heavy atom. The molecule has 1 aromatic carbocycles. The molecule has 0 aliphatic heterocycles. The van der Waals surface area contributed by atoms with E-state index in [2.05, 4.69) is 15.6 Å². The van der Waals surface area contributed by atoms with Gasteiger partial charge in [0.25, 0.3) is 0 Å². The lowest BCUT2D eigenvalue weighted by Crippen LogP contribution is -2.42. The van der Waals surface area contributed by atoms with Crippen LogP contribution < -0.4 is 10.6 Å². The number of imidazole rings is 1. The van der Waals surface area contributed by atoms with E-state index in [4.69, 9.17) is 0 Å². The van der Waals surface area contributed by atoms with Gasteiger partial charge in [-0.15, -0.1) is 0 Å². The van der Waals surface area contributed by atoms with Crippen LogP contribution in [0.5, 0.6) is 0 Å². The Morgan fingerprint density at radius 3 is 2.43 bits per heavy atom. The number of rotatable bonds is 9. The highest BCUT2D eigenvalue weighted by Gasteiger charge is 2.24. The predicted octanol–water partition coefficient (Wildman–Crippen LogP) is 2.41. The summed E-state index contributed by atoms with van der Waals surface area (Å²) in [6.45, 7) is 10.8. The van der Waals surface area contributed by atoms with E-state index in [1.807, 2.05) is 11.5 Å². The highest BCUT2D eigenvalue weighted by Crippen LogP contribution is 2.29. The van der Waals surface area contributed by atoms with E-state index in [0.29, 0.717) is 36.9 Å². The molecule has 2 N–H and O–H groups in total.